The van der Waals surface area contributed by atoms with Crippen LogP contribution >= 0.6 is 11.6 Å². The first-order chi connectivity index (χ1) is 9.11. The zero-order valence-corrected chi connectivity index (χ0v) is 11.6. The molecule has 0 spiro atoms. The molecule has 0 amide bonds. The average Bonchev–Trinajstić information content (AvgIpc) is 2.90. The van der Waals surface area contributed by atoms with Crippen molar-refractivity contribution in [3.05, 3.63) is 28.8 Å². The summed E-state index contributed by atoms with van der Waals surface area (Å²) in [5.74, 6) is 0.0123. The number of nitrogens with zero attached hydrogens (tertiary/aromatic N) is 2. The molecule has 19 heavy (non-hydrogen) atoms. The van der Waals surface area contributed by atoms with Crippen LogP contribution in [0, 0.1) is 0 Å². The summed E-state index contributed by atoms with van der Waals surface area (Å²) in [6, 6.07) is 5.46. The van der Waals surface area contributed by atoms with Gasteiger partial charge in [-0.2, -0.15) is 0 Å². The molecule has 0 radical (unpaired) electrons. The second kappa shape index (κ2) is 6.12. The maximum Gasteiger partial charge on any atom is 0.171 e. The maximum absolute atomic E-state index is 8.66. The smallest absolute Gasteiger partial charge is 0.171 e. The maximum atomic E-state index is 8.66. The Morgan fingerprint density at radius 1 is 1.63 bits per heavy atom. The van der Waals surface area contributed by atoms with Crippen LogP contribution in [0.5, 0.6) is 0 Å². The number of halogens is 1. The Labute approximate surface area is 117 Å². The normalized spacial score (nSPS) is 19.7. The molecule has 0 saturated carbocycles. The van der Waals surface area contributed by atoms with Crippen LogP contribution in [0.4, 0.5) is 5.69 Å². The molecule has 1 aromatic rings. The van der Waals surface area contributed by atoms with Crippen LogP contribution in [0.15, 0.2) is 23.4 Å². The van der Waals surface area contributed by atoms with Gasteiger partial charge in [0.15, 0.2) is 5.84 Å². The average molecular weight is 284 g/mol. The third-order valence-corrected chi connectivity index (χ3v) is 3.59. The highest BCUT2D eigenvalue weighted by molar-refractivity contribution is 6.34. The molecule has 1 aliphatic heterocycles. The number of hydrogen-bond donors (Lipinski definition) is 2. The fourth-order valence-corrected chi connectivity index (χ4v) is 2.47. The minimum Gasteiger partial charge on any atom is -0.409 e. The summed E-state index contributed by atoms with van der Waals surface area (Å²) in [7, 11) is 2.00. The minimum absolute atomic E-state index is 0.0123. The van der Waals surface area contributed by atoms with Crippen molar-refractivity contribution in [3.8, 4) is 0 Å². The number of amidine groups is 1. The summed E-state index contributed by atoms with van der Waals surface area (Å²) < 4.78 is 5.61. The van der Waals surface area contributed by atoms with Gasteiger partial charge in [0.25, 0.3) is 0 Å². The third kappa shape index (κ3) is 3.30. The molecule has 1 unspecified atom stereocenters. The van der Waals surface area contributed by atoms with Gasteiger partial charge in [0.1, 0.15) is 0 Å². The first-order valence-electron chi connectivity index (χ1n) is 6.22. The minimum atomic E-state index is 0.0123. The van der Waals surface area contributed by atoms with E-state index in [-0.39, 0.29) is 11.9 Å². The number of anilines is 1. The Bertz CT molecular complexity index is 473. The molecule has 1 saturated heterocycles. The molecular formula is C13H18ClN3O2. The molecule has 1 aromatic carbocycles. The first kappa shape index (κ1) is 14.0. The number of oxime groups is 1. The molecule has 5 nitrogen and oxygen atoms in total. The van der Waals surface area contributed by atoms with E-state index in [1.54, 1.807) is 6.07 Å². The van der Waals surface area contributed by atoms with E-state index in [4.69, 9.17) is 27.3 Å². The summed E-state index contributed by atoms with van der Waals surface area (Å²) in [6.07, 6.45) is 2.51. The van der Waals surface area contributed by atoms with Crippen LogP contribution in [0.2, 0.25) is 5.02 Å². The van der Waals surface area contributed by atoms with Crippen LogP contribution < -0.4 is 10.6 Å². The van der Waals surface area contributed by atoms with Gasteiger partial charge in [-0.15, -0.1) is 0 Å². The predicted octanol–water partition coefficient (Wildman–Crippen LogP) is 2.05. The summed E-state index contributed by atoms with van der Waals surface area (Å²) in [6.45, 7) is 1.68. The number of likely N-dealkylation sites (N-methyl/N-ethyl adjacent to an activating group) is 1. The lowest BCUT2D eigenvalue weighted by molar-refractivity contribution is 0.116. The fraction of sp³-hybridized carbons (Fsp3) is 0.462. The highest BCUT2D eigenvalue weighted by Gasteiger charge is 2.18. The van der Waals surface area contributed by atoms with Crippen molar-refractivity contribution in [2.24, 2.45) is 10.9 Å². The zero-order chi connectivity index (χ0) is 13.8. The molecule has 3 N–H and O–H groups in total. The van der Waals surface area contributed by atoms with Gasteiger partial charge < -0.3 is 20.6 Å². The SMILES string of the molecule is CN(CC1CCCO1)c1ccc(C(N)=NO)c(Cl)c1. The van der Waals surface area contributed by atoms with Crippen LogP contribution in [-0.2, 0) is 4.74 Å². The van der Waals surface area contributed by atoms with E-state index in [0.717, 1.165) is 31.7 Å². The van der Waals surface area contributed by atoms with Crippen molar-refractivity contribution in [1.29, 1.82) is 0 Å². The second-order valence-corrected chi connectivity index (χ2v) is 5.07. The largest absolute Gasteiger partial charge is 0.409 e. The van der Waals surface area contributed by atoms with Crippen molar-refractivity contribution >= 4 is 23.1 Å². The molecular weight excluding hydrogens is 266 g/mol. The second-order valence-electron chi connectivity index (χ2n) is 4.66. The van der Waals surface area contributed by atoms with Crippen LogP contribution in [0.1, 0.15) is 18.4 Å². The third-order valence-electron chi connectivity index (χ3n) is 3.28. The summed E-state index contributed by atoms with van der Waals surface area (Å²) in [4.78, 5) is 2.10. The number of rotatable bonds is 4. The van der Waals surface area contributed by atoms with Crippen molar-refractivity contribution in [2.75, 3.05) is 25.1 Å². The van der Waals surface area contributed by atoms with E-state index in [9.17, 15) is 0 Å². The molecule has 104 valence electrons. The van der Waals surface area contributed by atoms with Gasteiger partial charge in [0, 0.05) is 31.5 Å². The molecule has 1 atom stereocenters. The zero-order valence-electron chi connectivity index (χ0n) is 10.8. The molecule has 1 heterocycles. The number of benzene rings is 1. The lowest BCUT2D eigenvalue weighted by Gasteiger charge is -2.23. The van der Waals surface area contributed by atoms with E-state index in [0.29, 0.717) is 10.6 Å². The van der Waals surface area contributed by atoms with E-state index >= 15 is 0 Å². The fourth-order valence-electron chi connectivity index (χ4n) is 2.20. The van der Waals surface area contributed by atoms with Crippen molar-refractivity contribution < 1.29 is 9.94 Å². The highest BCUT2D eigenvalue weighted by Crippen LogP contribution is 2.24. The number of hydrogen-bond acceptors (Lipinski definition) is 4. The monoisotopic (exact) mass is 283 g/mol. The highest BCUT2D eigenvalue weighted by atomic mass is 35.5. The summed E-state index contributed by atoms with van der Waals surface area (Å²) >= 11 is 6.13. The van der Waals surface area contributed by atoms with Gasteiger partial charge in [0.05, 0.1) is 11.1 Å². The van der Waals surface area contributed by atoms with Crippen LogP contribution in [-0.4, -0.2) is 37.3 Å². The van der Waals surface area contributed by atoms with Crippen molar-refractivity contribution in [2.45, 2.75) is 18.9 Å². The first-order valence-corrected chi connectivity index (χ1v) is 6.60. The van der Waals surface area contributed by atoms with Gasteiger partial charge >= 0.3 is 0 Å². The number of nitrogens with two attached hydrogens (primary N) is 1. The Hall–Kier alpha value is -1.46. The van der Waals surface area contributed by atoms with Crippen molar-refractivity contribution in [3.63, 3.8) is 0 Å². The van der Waals surface area contributed by atoms with Gasteiger partial charge in [-0.25, -0.2) is 0 Å². The van der Waals surface area contributed by atoms with Gasteiger partial charge in [0.2, 0.25) is 0 Å². The van der Waals surface area contributed by atoms with E-state index in [1.165, 1.54) is 0 Å². The Balaban J connectivity index is 2.10. The predicted molar refractivity (Wildman–Crippen MR) is 76.2 cm³/mol. The Morgan fingerprint density at radius 2 is 2.42 bits per heavy atom. The molecule has 0 aliphatic carbocycles. The topological polar surface area (TPSA) is 71.1 Å². The van der Waals surface area contributed by atoms with Gasteiger partial charge in [-0.05, 0) is 31.0 Å². The van der Waals surface area contributed by atoms with Crippen LogP contribution in [0.25, 0.3) is 0 Å². The molecule has 0 aromatic heterocycles. The van der Waals surface area contributed by atoms with E-state index < -0.39 is 0 Å². The standard InChI is InChI=1S/C13H18ClN3O2/c1-17(8-10-3-2-6-19-10)9-4-5-11(12(14)7-9)13(15)16-18/h4-5,7,10,18H,2-3,6,8H2,1H3,(H2,15,16). The molecule has 6 heteroatoms. The lowest BCUT2D eigenvalue weighted by atomic mass is 10.1. The molecule has 0 bridgehead atoms. The Kier molecular flexibility index (Phi) is 4.50. The van der Waals surface area contributed by atoms with Crippen molar-refractivity contribution in [1.82, 2.24) is 0 Å². The quantitative estimate of drug-likeness (QED) is 0.384. The van der Waals surface area contributed by atoms with E-state index in [2.05, 4.69) is 10.1 Å². The lowest BCUT2D eigenvalue weighted by Crippen LogP contribution is -2.28. The van der Waals surface area contributed by atoms with Gasteiger partial charge in [-0.3, -0.25) is 0 Å². The number of ether oxygens (including phenoxy) is 1. The summed E-state index contributed by atoms with van der Waals surface area (Å²) in [5, 5.41) is 12.1. The Morgan fingerprint density at radius 3 is 3.00 bits per heavy atom. The van der Waals surface area contributed by atoms with E-state index in [1.807, 2.05) is 19.2 Å². The molecule has 1 fully saturated rings. The van der Waals surface area contributed by atoms with Crippen LogP contribution in [0.3, 0.4) is 0 Å². The summed E-state index contributed by atoms with van der Waals surface area (Å²) in [5.41, 5.74) is 7.04. The molecule has 2 rings (SSSR count). The van der Waals surface area contributed by atoms with Gasteiger partial charge in [-0.1, -0.05) is 16.8 Å². The molecule has 1 aliphatic rings.